The summed E-state index contributed by atoms with van der Waals surface area (Å²) >= 11 is 0. The van der Waals surface area contributed by atoms with E-state index in [0.29, 0.717) is 12.1 Å². The highest BCUT2D eigenvalue weighted by atomic mass is 127. The summed E-state index contributed by atoms with van der Waals surface area (Å²) in [6.45, 7) is 1.67. The van der Waals surface area contributed by atoms with Crippen molar-refractivity contribution in [1.82, 2.24) is 15.5 Å². The molecule has 0 saturated heterocycles. The number of nitrogens with one attached hydrogen (secondary N) is 2. The smallest absolute Gasteiger partial charge is 0.253 e. The quantitative estimate of drug-likeness (QED) is 0.391. The molecular weight excluding hydrogens is 427 g/mol. The lowest BCUT2D eigenvalue weighted by Crippen LogP contribution is -2.37. The maximum absolute atomic E-state index is 11.9. The number of guanidine groups is 1. The maximum Gasteiger partial charge on any atom is 0.253 e. The zero-order valence-electron chi connectivity index (χ0n) is 15.5. The van der Waals surface area contributed by atoms with Gasteiger partial charge in [-0.2, -0.15) is 0 Å². The van der Waals surface area contributed by atoms with Crippen molar-refractivity contribution in [2.45, 2.75) is 38.6 Å². The number of amides is 1. The average molecular weight is 458 g/mol. The van der Waals surface area contributed by atoms with Gasteiger partial charge in [0.05, 0.1) is 0 Å². The van der Waals surface area contributed by atoms with E-state index >= 15 is 0 Å². The molecule has 0 unspecified atom stereocenters. The van der Waals surface area contributed by atoms with Gasteiger partial charge in [0, 0.05) is 39.8 Å². The third-order valence-corrected chi connectivity index (χ3v) is 4.61. The molecule has 0 aromatic heterocycles. The lowest BCUT2D eigenvalue weighted by atomic mass is 10.0. The van der Waals surface area contributed by atoms with Crippen LogP contribution in [0, 0.1) is 5.92 Å². The molecule has 1 amide bonds. The molecule has 1 saturated carbocycles. The van der Waals surface area contributed by atoms with E-state index in [9.17, 15) is 4.79 Å². The van der Waals surface area contributed by atoms with E-state index in [2.05, 4.69) is 15.6 Å². The van der Waals surface area contributed by atoms with Crippen LogP contribution in [0.15, 0.2) is 29.3 Å². The highest BCUT2D eigenvalue weighted by Gasteiger charge is 2.14. The lowest BCUT2D eigenvalue weighted by molar-refractivity contribution is 0.0827. The van der Waals surface area contributed by atoms with Gasteiger partial charge in [-0.1, -0.05) is 37.8 Å². The van der Waals surface area contributed by atoms with Gasteiger partial charge in [0.25, 0.3) is 5.91 Å². The molecule has 2 rings (SSSR count). The van der Waals surface area contributed by atoms with E-state index < -0.39 is 0 Å². The molecule has 0 spiro atoms. The van der Waals surface area contributed by atoms with E-state index in [1.54, 1.807) is 26.0 Å². The van der Waals surface area contributed by atoms with Gasteiger partial charge in [-0.05, 0) is 30.0 Å². The Labute approximate surface area is 168 Å². The number of hydrogen-bond donors (Lipinski definition) is 2. The van der Waals surface area contributed by atoms with Crippen LogP contribution in [0.5, 0.6) is 0 Å². The van der Waals surface area contributed by atoms with Crippen LogP contribution in [0.2, 0.25) is 0 Å². The summed E-state index contributed by atoms with van der Waals surface area (Å²) in [7, 11) is 5.32. The fraction of sp³-hybridized carbons (Fsp3) is 0.579. The Morgan fingerprint density at radius 1 is 1.16 bits per heavy atom. The summed E-state index contributed by atoms with van der Waals surface area (Å²) in [5.74, 6) is 1.75. The summed E-state index contributed by atoms with van der Waals surface area (Å²) in [5.41, 5.74) is 1.84. The number of carbonyl (C=O) groups is 1. The summed E-state index contributed by atoms with van der Waals surface area (Å²) in [4.78, 5) is 17.7. The normalized spacial score (nSPS) is 14.8. The Hall–Kier alpha value is -1.31. The Kier molecular flexibility index (Phi) is 9.85. The van der Waals surface area contributed by atoms with Crippen LogP contribution in [0.25, 0.3) is 0 Å². The summed E-state index contributed by atoms with van der Waals surface area (Å²) in [5, 5.41) is 6.72. The third-order valence-electron chi connectivity index (χ3n) is 4.61. The first-order valence-corrected chi connectivity index (χ1v) is 8.85. The molecule has 0 bridgehead atoms. The van der Waals surface area contributed by atoms with Crippen LogP contribution in [0.4, 0.5) is 0 Å². The molecule has 1 aliphatic rings. The standard InChI is InChI=1S/C19H30N4O.HI/c1-20-19(21-13-12-15-6-4-5-7-15)22-14-16-8-10-17(11-9-16)18(24)23(2)3;/h8-11,15H,4-7,12-14H2,1-3H3,(H2,20,21,22);1H. The molecule has 25 heavy (non-hydrogen) atoms. The van der Waals surface area contributed by atoms with Gasteiger partial charge in [0.1, 0.15) is 0 Å². The van der Waals surface area contributed by atoms with Crippen molar-refractivity contribution in [3.8, 4) is 0 Å². The lowest BCUT2D eigenvalue weighted by Gasteiger charge is -2.14. The van der Waals surface area contributed by atoms with Crippen molar-refractivity contribution < 1.29 is 4.79 Å². The molecule has 0 aliphatic heterocycles. The number of benzene rings is 1. The van der Waals surface area contributed by atoms with Gasteiger partial charge in [-0.15, -0.1) is 24.0 Å². The molecule has 1 aromatic rings. The third kappa shape index (κ3) is 7.22. The molecular formula is C19H31IN4O. The molecule has 2 N–H and O–H groups in total. The van der Waals surface area contributed by atoms with E-state index in [4.69, 9.17) is 0 Å². The number of carbonyl (C=O) groups excluding carboxylic acids is 1. The average Bonchev–Trinajstić information content (AvgIpc) is 3.11. The Bertz CT molecular complexity index is 551. The first-order chi connectivity index (χ1) is 11.6. The van der Waals surface area contributed by atoms with Crippen molar-refractivity contribution in [2.75, 3.05) is 27.7 Å². The monoisotopic (exact) mass is 458 g/mol. The largest absolute Gasteiger partial charge is 0.356 e. The molecule has 140 valence electrons. The van der Waals surface area contributed by atoms with E-state index in [0.717, 1.165) is 24.0 Å². The van der Waals surface area contributed by atoms with Gasteiger partial charge >= 0.3 is 0 Å². The number of rotatable bonds is 6. The van der Waals surface area contributed by atoms with Crippen LogP contribution in [-0.2, 0) is 6.54 Å². The van der Waals surface area contributed by atoms with Crippen molar-refractivity contribution >= 4 is 35.8 Å². The number of nitrogens with zero attached hydrogens (tertiary/aromatic N) is 2. The Morgan fingerprint density at radius 2 is 1.80 bits per heavy atom. The molecule has 5 nitrogen and oxygen atoms in total. The fourth-order valence-corrected chi connectivity index (χ4v) is 3.12. The van der Waals surface area contributed by atoms with Crippen LogP contribution < -0.4 is 10.6 Å². The van der Waals surface area contributed by atoms with E-state index in [1.807, 2.05) is 24.3 Å². The fourth-order valence-electron chi connectivity index (χ4n) is 3.12. The second-order valence-corrected chi connectivity index (χ2v) is 6.69. The zero-order chi connectivity index (χ0) is 17.4. The molecule has 1 fully saturated rings. The molecule has 0 heterocycles. The van der Waals surface area contributed by atoms with Crippen LogP contribution >= 0.6 is 24.0 Å². The molecule has 1 aliphatic carbocycles. The van der Waals surface area contributed by atoms with Gasteiger partial charge < -0.3 is 15.5 Å². The second-order valence-electron chi connectivity index (χ2n) is 6.69. The number of halogens is 1. The summed E-state index contributed by atoms with van der Waals surface area (Å²) in [6.07, 6.45) is 6.77. The van der Waals surface area contributed by atoms with E-state index in [-0.39, 0.29) is 29.9 Å². The first-order valence-electron chi connectivity index (χ1n) is 8.85. The van der Waals surface area contributed by atoms with Crippen molar-refractivity contribution in [1.29, 1.82) is 0 Å². The minimum Gasteiger partial charge on any atom is -0.356 e. The minimum atomic E-state index is 0. The van der Waals surface area contributed by atoms with Gasteiger partial charge in [0.15, 0.2) is 5.96 Å². The maximum atomic E-state index is 11.9. The van der Waals surface area contributed by atoms with Gasteiger partial charge in [-0.3, -0.25) is 9.79 Å². The van der Waals surface area contributed by atoms with Crippen molar-refractivity contribution in [3.05, 3.63) is 35.4 Å². The number of aliphatic imine (C=N–C) groups is 1. The number of hydrogen-bond acceptors (Lipinski definition) is 2. The zero-order valence-corrected chi connectivity index (χ0v) is 17.9. The molecule has 0 radical (unpaired) electrons. The summed E-state index contributed by atoms with van der Waals surface area (Å²) in [6, 6.07) is 7.70. The van der Waals surface area contributed by atoms with Crippen molar-refractivity contribution in [2.24, 2.45) is 10.9 Å². The SMILES string of the molecule is CN=C(NCCC1CCCC1)NCc1ccc(C(=O)N(C)C)cc1.I. The highest BCUT2D eigenvalue weighted by molar-refractivity contribution is 14.0. The first kappa shape index (κ1) is 21.7. The van der Waals surface area contributed by atoms with Gasteiger partial charge in [-0.25, -0.2) is 0 Å². The van der Waals surface area contributed by atoms with Crippen molar-refractivity contribution in [3.63, 3.8) is 0 Å². The van der Waals surface area contributed by atoms with E-state index in [1.165, 1.54) is 32.1 Å². The second kappa shape index (κ2) is 11.3. The molecule has 6 heteroatoms. The van der Waals surface area contributed by atoms with Crippen LogP contribution in [0.3, 0.4) is 0 Å². The highest BCUT2D eigenvalue weighted by Crippen LogP contribution is 2.26. The van der Waals surface area contributed by atoms with Crippen LogP contribution in [-0.4, -0.2) is 44.5 Å². The topological polar surface area (TPSA) is 56.7 Å². The molecule has 0 atom stereocenters. The summed E-state index contributed by atoms with van der Waals surface area (Å²) < 4.78 is 0. The van der Waals surface area contributed by atoms with Crippen LogP contribution in [0.1, 0.15) is 48.0 Å². The minimum absolute atomic E-state index is 0. The van der Waals surface area contributed by atoms with Gasteiger partial charge in [0.2, 0.25) is 0 Å². The predicted octanol–water partition coefficient (Wildman–Crippen LogP) is 3.25. The predicted molar refractivity (Wildman–Crippen MR) is 115 cm³/mol. The Balaban J connectivity index is 0.00000312. The molecule has 1 aromatic carbocycles. The Morgan fingerprint density at radius 3 is 2.36 bits per heavy atom.